The SMILES string of the molecule is COc1ccc(C#CCCO)cc1NC(=O)c1ccco1. The number of nitrogens with one attached hydrogen (secondary N) is 1. The number of hydrogen-bond donors (Lipinski definition) is 2. The average Bonchev–Trinajstić information content (AvgIpc) is 3.02. The molecule has 0 fully saturated rings. The Hall–Kier alpha value is -2.71. The molecule has 0 bridgehead atoms. The first-order chi connectivity index (χ1) is 10.2. The van der Waals surface area contributed by atoms with Gasteiger partial charge in [0.1, 0.15) is 5.75 Å². The van der Waals surface area contributed by atoms with Crippen LogP contribution in [0.1, 0.15) is 22.5 Å². The molecule has 2 aromatic rings. The van der Waals surface area contributed by atoms with E-state index in [0.717, 1.165) is 5.56 Å². The Kier molecular flexibility index (Phi) is 5.02. The van der Waals surface area contributed by atoms with Crippen LogP contribution < -0.4 is 10.1 Å². The van der Waals surface area contributed by atoms with Gasteiger partial charge in [-0.2, -0.15) is 0 Å². The molecule has 0 unspecified atom stereocenters. The topological polar surface area (TPSA) is 71.7 Å². The quantitative estimate of drug-likeness (QED) is 0.845. The summed E-state index contributed by atoms with van der Waals surface area (Å²) in [6.07, 6.45) is 1.84. The van der Waals surface area contributed by atoms with Crippen LogP contribution in [0, 0.1) is 11.8 Å². The van der Waals surface area contributed by atoms with Gasteiger partial charge in [-0.1, -0.05) is 11.8 Å². The van der Waals surface area contributed by atoms with E-state index in [1.807, 2.05) is 0 Å². The molecule has 0 atom stereocenters. The number of benzene rings is 1. The van der Waals surface area contributed by atoms with Crippen LogP contribution in [0.5, 0.6) is 5.75 Å². The van der Waals surface area contributed by atoms with Crippen molar-refractivity contribution in [3.63, 3.8) is 0 Å². The zero-order valence-electron chi connectivity index (χ0n) is 11.6. The van der Waals surface area contributed by atoms with Crippen molar-refractivity contribution in [3.8, 4) is 17.6 Å². The van der Waals surface area contributed by atoms with Gasteiger partial charge in [0, 0.05) is 12.0 Å². The lowest BCUT2D eigenvalue weighted by Crippen LogP contribution is -2.11. The second-order valence-corrected chi connectivity index (χ2v) is 4.12. The third-order valence-electron chi connectivity index (χ3n) is 2.66. The van der Waals surface area contributed by atoms with E-state index in [4.69, 9.17) is 14.3 Å². The number of ether oxygens (including phenoxy) is 1. The number of carbonyl (C=O) groups is 1. The van der Waals surface area contributed by atoms with Crippen molar-refractivity contribution in [1.82, 2.24) is 0 Å². The highest BCUT2D eigenvalue weighted by Crippen LogP contribution is 2.25. The van der Waals surface area contributed by atoms with Crippen molar-refractivity contribution < 1.29 is 19.1 Å². The van der Waals surface area contributed by atoms with Crippen LogP contribution in [0.25, 0.3) is 0 Å². The lowest BCUT2D eigenvalue weighted by molar-refractivity contribution is 0.0996. The fourth-order valence-electron chi connectivity index (χ4n) is 1.70. The third kappa shape index (κ3) is 3.88. The van der Waals surface area contributed by atoms with Crippen LogP contribution in [-0.2, 0) is 0 Å². The molecule has 0 spiro atoms. The van der Waals surface area contributed by atoms with Crippen molar-refractivity contribution in [2.24, 2.45) is 0 Å². The first-order valence-electron chi connectivity index (χ1n) is 6.37. The predicted molar refractivity (Wildman–Crippen MR) is 78.2 cm³/mol. The van der Waals surface area contributed by atoms with Gasteiger partial charge in [-0.25, -0.2) is 0 Å². The van der Waals surface area contributed by atoms with E-state index in [1.165, 1.54) is 13.4 Å². The molecule has 1 heterocycles. The molecule has 0 radical (unpaired) electrons. The lowest BCUT2D eigenvalue weighted by Gasteiger charge is -2.09. The van der Waals surface area contributed by atoms with E-state index < -0.39 is 0 Å². The second-order valence-electron chi connectivity index (χ2n) is 4.12. The third-order valence-corrected chi connectivity index (χ3v) is 2.66. The Morgan fingerprint density at radius 1 is 1.43 bits per heavy atom. The van der Waals surface area contributed by atoms with Crippen molar-refractivity contribution in [2.45, 2.75) is 6.42 Å². The zero-order chi connectivity index (χ0) is 15.1. The number of amides is 1. The van der Waals surface area contributed by atoms with E-state index in [9.17, 15) is 4.79 Å². The molecule has 5 nitrogen and oxygen atoms in total. The monoisotopic (exact) mass is 285 g/mol. The Morgan fingerprint density at radius 2 is 2.29 bits per heavy atom. The maximum atomic E-state index is 12.0. The normalized spacial score (nSPS) is 9.62. The first kappa shape index (κ1) is 14.7. The number of hydrogen-bond acceptors (Lipinski definition) is 4. The number of furan rings is 1. The molecule has 0 saturated heterocycles. The Labute approximate surface area is 122 Å². The summed E-state index contributed by atoms with van der Waals surface area (Å²) in [5.41, 5.74) is 1.23. The molecule has 1 aromatic carbocycles. The summed E-state index contributed by atoms with van der Waals surface area (Å²) in [6, 6.07) is 8.44. The van der Waals surface area contributed by atoms with Gasteiger partial charge in [0.2, 0.25) is 0 Å². The molecule has 0 aliphatic heterocycles. The Morgan fingerprint density at radius 3 is 2.95 bits per heavy atom. The average molecular weight is 285 g/mol. The highest BCUT2D eigenvalue weighted by molar-refractivity contribution is 6.03. The summed E-state index contributed by atoms with van der Waals surface area (Å²) in [7, 11) is 1.52. The van der Waals surface area contributed by atoms with Crippen LogP contribution in [-0.4, -0.2) is 24.7 Å². The van der Waals surface area contributed by atoms with Gasteiger partial charge < -0.3 is 19.6 Å². The summed E-state index contributed by atoms with van der Waals surface area (Å²) in [4.78, 5) is 12.0. The molecule has 0 aliphatic carbocycles. The summed E-state index contributed by atoms with van der Waals surface area (Å²) in [6.45, 7) is 0.0191. The van der Waals surface area contributed by atoms with Gasteiger partial charge in [-0.05, 0) is 30.3 Å². The zero-order valence-corrected chi connectivity index (χ0v) is 11.6. The van der Waals surface area contributed by atoms with E-state index in [-0.39, 0.29) is 18.3 Å². The van der Waals surface area contributed by atoms with E-state index >= 15 is 0 Å². The number of rotatable bonds is 4. The number of aliphatic hydroxyl groups is 1. The Bertz CT molecular complexity index is 665. The van der Waals surface area contributed by atoms with E-state index in [2.05, 4.69) is 17.2 Å². The van der Waals surface area contributed by atoms with Gasteiger partial charge in [0.15, 0.2) is 5.76 Å². The fraction of sp³-hybridized carbons (Fsp3) is 0.188. The maximum absolute atomic E-state index is 12.0. The number of carbonyl (C=O) groups excluding carboxylic acids is 1. The minimum Gasteiger partial charge on any atom is -0.495 e. The molecule has 108 valence electrons. The second kappa shape index (κ2) is 7.17. The molecular weight excluding hydrogens is 270 g/mol. The van der Waals surface area contributed by atoms with Crippen molar-refractivity contribution in [1.29, 1.82) is 0 Å². The van der Waals surface area contributed by atoms with Crippen LogP contribution in [0.15, 0.2) is 41.0 Å². The minimum atomic E-state index is -0.362. The molecule has 21 heavy (non-hydrogen) atoms. The number of aliphatic hydroxyl groups excluding tert-OH is 1. The van der Waals surface area contributed by atoms with Crippen LogP contribution in [0.2, 0.25) is 0 Å². The maximum Gasteiger partial charge on any atom is 0.291 e. The predicted octanol–water partition coefficient (Wildman–Crippen LogP) is 2.27. The summed E-state index contributed by atoms with van der Waals surface area (Å²) in [5, 5.41) is 11.4. The molecule has 2 rings (SSSR count). The summed E-state index contributed by atoms with van der Waals surface area (Å²) < 4.78 is 10.3. The minimum absolute atomic E-state index is 0.0191. The molecule has 1 amide bonds. The standard InChI is InChI=1S/C16H15NO4/c1-20-14-8-7-12(5-2-3-9-18)11-13(14)17-16(19)15-6-4-10-21-15/h4,6-8,10-11,18H,3,9H2,1H3,(H,17,19). The van der Waals surface area contributed by atoms with Gasteiger partial charge >= 0.3 is 0 Å². The number of methoxy groups -OCH3 is 1. The highest BCUT2D eigenvalue weighted by Gasteiger charge is 2.12. The van der Waals surface area contributed by atoms with Crippen LogP contribution >= 0.6 is 0 Å². The van der Waals surface area contributed by atoms with E-state index in [1.54, 1.807) is 30.3 Å². The highest BCUT2D eigenvalue weighted by atomic mass is 16.5. The molecular formula is C16H15NO4. The van der Waals surface area contributed by atoms with Gasteiger partial charge in [0.05, 0.1) is 25.7 Å². The molecule has 0 saturated carbocycles. The lowest BCUT2D eigenvalue weighted by atomic mass is 10.1. The summed E-state index contributed by atoms with van der Waals surface area (Å²) in [5.74, 6) is 6.11. The first-order valence-corrected chi connectivity index (χ1v) is 6.37. The van der Waals surface area contributed by atoms with Gasteiger partial charge in [0.25, 0.3) is 5.91 Å². The van der Waals surface area contributed by atoms with Gasteiger partial charge in [-0.3, -0.25) is 4.79 Å². The van der Waals surface area contributed by atoms with Crippen LogP contribution in [0.4, 0.5) is 5.69 Å². The molecule has 1 aromatic heterocycles. The Balaban J connectivity index is 2.22. The smallest absolute Gasteiger partial charge is 0.291 e. The molecule has 5 heteroatoms. The molecule has 0 aliphatic rings. The van der Waals surface area contributed by atoms with Crippen LogP contribution in [0.3, 0.4) is 0 Å². The van der Waals surface area contributed by atoms with Gasteiger partial charge in [-0.15, -0.1) is 0 Å². The molecule has 2 N–H and O–H groups in total. The van der Waals surface area contributed by atoms with E-state index in [0.29, 0.717) is 17.9 Å². The van der Waals surface area contributed by atoms with Crippen molar-refractivity contribution >= 4 is 11.6 Å². The largest absolute Gasteiger partial charge is 0.495 e. The number of anilines is 1. The fourth-order valence-corrected chi connectivity index (χ4v) is 1.70. The summed E-state index contributed by atoms with van der Waals surface area (Å²) >= 11 is 0. The van der Waals surface area contributed by atoms with Crippen molar-refractivity contribution in [3.05, 3.63) is 47.9 Å². The van der Waals surface area contributed by atoms with Crippen molar-refractivity contribution in [2.75, 3.05) is 19.0 Å².